The first-order valence-electron chi connectivity index (χ1n) is 9.94. The number of benzene rings is 3. The van der Waals surface area contributed by atoms with E-state index in [2.05, 4.69) is 0 Å². The van der Waals surface area contributed by atoms with Crippen molar-refractivity contribution in [1.82, 2.24) is 0 Å². The molecule has 0 fully saturated rings. The maximum atomic E-state index is 14.4. The van der Waals surface area contributed by atoms with Crippen LogP contribution >= 0.6 is 0 Å². The summed E-state index contributed by atoms with van der Waals surface area (Å²) in [5.41, 5.74) is 2.91. The third-order valence-electron chi connectivity index (χ3n) is 5.12. The smallest absolute Gasteiger partial charge is 0.129 e. The molecule has 0 bridgehead atoms. The van der Waals surface area contributed by atoms with E-state index in [0.29, 0.717) is 42.4 Å². The summed E-state index contributed by atoms with van der Waals surface area (Å²) in [7, 11) is 0. The van der Waals surface area contributed by atoms with E-state index in [0.717, 1.165) is 12.0 Å². The first kappa shape index (κ1) is 21.1. The summed E-state index contributed by atoms with van der Waals surface area (Å²) in [6.45, 7) is 1.96. The lowest BCUT2D eigenvalue weighted by Crippen LogP contribution is -2.02. The Hall–Kier alpha value is -2.62. The number of hydrogen-bond donors (Lipinski definition) is 0. The number of aryl methyl sites for hydroxylation is 4. The molecule has 0 N–H and O–H groups in total. The van der Waals surface area contributed by atoms with Gasteiger partial charge in [-0.15, -0.1) is 0 Å². The van der Waals surface area contributed by atoms with Crippen LogP contribution in [0.25, 0.3) is 0 Å². The van der Waals surface area contributed by atoms with Gasteiger partial charge in [-0.05, 0) is 84.7 Å². The van der Waals surface area contributed by atoms with E-state index in [-0.39, 0.29) is 23.6 Å². The molecule has 0 aromatic heterocycles. The second-order valence-electron chi connectivity index (χ2n) is 7.34. The number of rotatable bonds is 8. The lowest BCUT2D eigenvalue weighted by molar-refractivity contribution is 0.550. The van der Waals surface area contributed by atoms with Crippen LogP contribution in [-0.4, -0.2) is 0 Å². The minimum absolute atomic E-state index is 0.0469. The number of hydrogen-bond acceptors (Lipinski definition) is 0. The molecule has 0 saturated carbocycles. The molecule has 0 nitrogen and oxygen atoms in total. The van der Waals surface area contributed by atoms with E-state index >= 15 is 0 Å². The molecule has 3 aromatic rings. The van der Waals surface area contributed by atoms with E-state index in [4.69, 9.17) is 0 Å². The van der Waals surface area contributed by atoms with E-state index < -0.39 is 11.6 Å². The predicted octanol–water partition coefficient (Wildman–Crippen LogP) is 6.77. The second-order valence-corrected chi connectivity index (χ2v) is 7.34. The molecule has 0 radical (unpaired) electrons. The van der Waals surface area contributed by atoms with E-state index in [1.54, 1.807) is 24.3 Å². The molecule has 29 heavy (non-hydrogen) atoms. The summed E-state index contributed by atoms with van der Waals surface area (Å²) in [4.78, 5) is 0. The Labute approximate surface area is 169 Å². The van der Waals surface area contributed by atoms with Crippen molar-refractivity contribution in [2.24, 2.45) is 0 Å². The molecule has 152 valence electrons. The van der Waals surface area contributed by atoms with Crippen LogP contribution in [0.1, 0.15) is 41.2 Å². The molecular formula is C25H24F4. The summed E-state index contributed by atoms with van der Waals surface area (Å²) < 4.78 is 55.8. The molecule has 0 aliphatic carbocycles. The topological polar surface area (TPSA) is 0 Å². The summed E-state index contributed by atoms with van der Waals surface area (Å²) in [6, 6.07) is 13.9. The molecule has 0 heterocycles. The Balaban J connectivity index is 1.62. The van der Waals surface area contributed by atoms with Crippen molar-refractivity contribution in [3.8, 4) is 0 Å². The zero-order chi connectivity index (χ0) is 20.8. The molecule has 0 aliphatic rings. The van der Waals surface area contributed by atoms with Crippen molar-refractivity contribution < 1.29 is 17.6 Å². The highest BCUT2D eigenvalue weighted by Gasteiger charge is 2.12. The van der Waals surface area contributed by atoms with Crippen molar-refractivity contribution in [2.75, 3.05) is 0 Å². The van der Waals surface area contributed by atoms with Crippen molar-refractivity contribution in [3.63, 3.8) is 0 Å². The fraction of sp³-hybridized carbons (Fsp3) is 0.280. The molecule has 3 rings (SSSR count). The highest BCUT2D eigenvalue weighted by molar-refractivity contribution is 5.30. The lowest BCUT2D eigenvalue weighted by atomic mass is 9.98. The average Bonchev–Trinajstić information content (AvgIpc) is 2.68. The largest absolute Gasteiger partial charge is 0.207 e. The van der Waals surface area contributed by atoms with Gasteiger partial charge in [-0.25, -0.2) is 17.6 Å². The van der Waals surface area contributed by atoms with Crippen LogP contribution in [0.2, 0.25) is 0 Å². The van der Waals surface area contributed by atoms with Gasteiger partial charge < -0.3 is 0 Å². The second kappa shape index (κ2) is 9.73. The average molecular weight is 400 g/mol. The predicted molar refractivity (Wildman–Crippen MR) is 108 cm³/mol. The van der Waals surface area contributed by atoms with Gasteiger partial charge in [0.15, 0.2) is 0 Å². The molecule has 0 amide bonds. The fourth-order valence-electron chi connectivity index (χ4n) is 3.48. The first-order valence-corrected chi connectivity index (χ1v) is 9.94. The maximum absolute atomic E-state index is 14.4. The summed E-state index contributed by atoms with van der Waals surface area (Å²) in [5, 5.41) is 0. The Morgan fingerprint density at radius 2 is 1.14 bits per heavy atom. The quantitative estimate of drug-likeness (QED) is 0.366. The highest BCUT2D eigenvalue weighted by atomic mass is 19.1. The third kappa shape index (κ3) is 5.69. The SMILES string of the molecule is CCCc1cc(F)c(CCc2ccc(CCc3ccc(F)cc3)c(F)c2)c(F)c1. The van der Waals surface area contributed by atoms with Crippen LogP contribution in [0.3, 0.4) is 0 Å². The monoisotopic (exact) mass is 400 g/mol. The molecule has 0 aliphatic heterocycles. The van der Waals surface area contributed by atoms with Gasteiger partial charge in [0, 0.05) is 5.56 Å². The van der Waals surface area contributed by atoms with Gasteiger partial charge >= 0.3 is 0 Å². The van der Waals surface area contributed by atoms with E-state index in [1.807, 2.05) is 6.92 Å². The minimum atomic E-state index is -0.537. The van der Waals surface area contributed by atoms with Gasteiger partial charge in [0.05, 0.1) is 0 Å². The standard InChI is InChI=1S/C25H24F4/c1-2-3-19-15-24(28)22(25(29)16-19)13-8-18-5-10-20(23(27)14-18)9-4-17-6-11-21(26)12-7-17/h5-7,10-12,14-16H,2-4,8-9,13H2,1H3. The van der Waals surface area contributed by atoms with Crippen LogP contribution in [0.4, 0.5) is 17.6 Å². The summed E-state index contributed by atoms with van der Waals surface area (Å²) in [5.74, 6) is -1.70. The van der Waals surface area contributed by atoms with Gasteiger partial charge in [-0.1, -0.05) is 37.6 Å². The van der Waals surface area contributed by atoms with Crippen LogP contribution < -0.4 is 0 Å². The molecule has 0 atom stereocenters. The lowest BCUT2D eigenvalue weighted by Gasteiger charge is -2.10. The van der Waals surface area contributed by atoms with Crippen LogP contribution in [0, 0.1) is 23.3 Å². The van der Waals surface area contributed by atoms with E-state index in [1.165, 1.54) is 30.3 Å². The number of halogens is 4. The fourth-order valence-corrected chi connectivity index (χ4v) is 3.48. The van der Waals surface area contributed by atoms with Gasteiger partial charge in [0.1, 0.15) is 23.3 Å². The Morgan fingerprint density at radius 1 is 0.552 bits per heavy atom. The van der Waals surface area contributed by atoms with Gasteiger partial charge in [0.25, 0.3) is 0 Å². The zero-order valence-corrected chi connectivity index (χ0v) is 16.5. The van der Waals surface area contributed by atoms with Crippen LogP contribution in [0.5, 0.6) is 0 Å². The third-order valence-corrected chi connectivity index (χ3v) is 5.12. The molecule has 0 spiro atoms. The molecule has 4 heteroatoms. The summed E-state index contributed by atoms with van der Waals surface area (Å²) in [6.07, 6.45) is 3.11. The van der Waals surface area contributed by atoms with Crippen LogP contribution in [-0.2, 0) is 32.1 Å². The van der Waals surface area contributed by atoms with Gasteiger partial charge in [-0.3, -0.25) is 0 Å². The van der Waals surface area contributed by atoms with Gasteiger partial charge in [0.2, 0.25) is 0 Å². The van der Waals surface area contributed by atoms with E-state index in [9.17, 15) is 17.6 Å². The molecule has 0 saturated heterocycles. The molecule has 3 aromatic carbocycles. The van der Waals surface area contributed by atoms with Crippen LogP contribution in [0.15, 0.2) is 54.6 Å². The maximum Gasteiger partial charge on any atom is 0.129 e. The van der Waals surface area contributed by atoms with Crippen molar-refractivity contribution in [2.45, 2.75) is 45.4 Å². The summed E-state index contributed by atoms with van der Waals surface area (Å²) >= 11 is 0. The molecule has 0 unspecified atom stereocenters. The normalized spacial score (nSPS) is 11.1. The Morgan fingerprint density at radius 3 is 1.76 bits per heavy atom. The zero-order valence-electron chi connectivity index (χ0n) is 16.5. The molecular weight excluding hydrogens is 376 g/mol. The van der Waals surface area contributed by atoms with Gasteiger partial charge in [-0.2, -0.15) is 0 Å². The van der Waals surface area contributed by atoms with Crippen molar-refractivity contribution in [3.05, 3.63) is 106 Å². The van der Waals surface area contributed by atoms with Crippen molar-refractivity contribution in [1.29, 1.82) is 0 Å². The highest BCUT2D eigenvalue weighted by Crippen LogP contribution is 2.20. The van der Waals surface area contributed by atoms with Crippen molar-refractivity contribution >= 4 is 0 Å². The minimum Gasteiger partial charge on any atom is -0.207 e. The first-order chi connectivity index (χ1) is 14.0. The Kier molecular flexibility index (Phi) is 7.08. The Bertz CT molecular complexity index is 938.